The molecule has 26 heavy (non-hydrogen) atoms. The summed E-state index contributed by atoms with van der Waals surface area (Å²) in [6.45, 7) is 7.70. The molecule has 0 atom stereocenters. The van der Waals surface area contributed by atoms with E-state index in [4.69, 9.17) is 4.74 Å². The molecule has 0 saturated carbocycles. The highest BCUT2D eigenvalue weighted by atomic mass is 19.1. The van der Waals surface area contributed by atoms with Crippen molar-refractivity contribution in [3.63, 3.8) is 0 Å². The normalized spacial score (nSPS) is 19.2. The summed E-state index contributed by atoms with van der Waals surface area (Å²) in [5.74, 6) is -0.387. The van der Waals surface area contributed by atoms with Gasteiger partial charge in [0.25, 0.3) is 0 Å². The second kappa shape index (κ2) is 7.13. The van der Waals surface area contributed by atoms with Crippen LogP contribution in [-0.4, -0.2) is 59.7 Å². The molecule has 0 aromatic heterocycles. The Balaban J connectivity index is 1.58. The van der Waals surface area contributed by atoms with Crippen molar-refractivity contribution in [3.8, 4) is 0 Å². The Labute approximate surface area is 153 Å². The van der Waals surface area contributed by atoms with Gasteiger partial charge in [0, 0.05) is 32.2 Å². The molecule has 6 nitrogen and oxygen atoms in total. The zero-order chi connectivity index (χ0) is 18.9. The number of ether oxygens (including phenoxy) is 1. The summed E-state index contributed by atoms with van der Waals surface area (Å²) in [4.78, 5) is 29.9. The lowest BCUT2D eigenvalue weighted by atomic mass is 10.0. The van der Waals surface area contributed by atoms with Gasteiger partial charge in [-0.1, -0.05) is 12.1 Å². The average Bonchev–Trinajstić information content (AvgIpc) is 2.95. The molecular weight excluding hydrogens is 337 g/mol. The second-order valence-electron chi connectivity index (χ2n) is 7.78. The van der Waals surface area contributed by atoms with Crippen molar-refractivity contribution < 1.29 is 18.7 Å². The Morgan fingerprint density at radius 2 is 1.77 bits per heavy atom. The van der Waals surface area contributed by atoms with Gasteiger partial charge in [-0.25, -0.2) is 14.0 Å². The van der Waals surface area contributed by atoms with Crippen molar-refractivity contribution in [1.29, 1.82) is 0 Å². The lowest BCUT2D eigenvalue weighted by Gasteiger charge is -2.37. The lowest BCUT2D eigenvalue weighted by molar-refractivity contribution is 0.0171. The molecule has 0 spiro atoms. The predicted molar refractivity (Wildman–Crippen MR) is 96.7 cm³/mol. The van der Waals surface area contributed by atoms with E-state index in [1.54, 1.807) is 28.0 Å². The molecule has 142 valence electrons. The van der Waals surface area contributed by atoms with Crippen molar-refractivity contribution in [1.82, 2.24) is 9.80 Å². The largest absolute Gasteiger partial charge is 0.444 e. The number of carbonyl (C=O) groups is 2. The van der Waals surface area contributed by atoms with Crippen LogP contribution in [0, 0.1) is 5.82 Å². The van der Waals surface area contributed by atoms with Gasteiger partial charge < -0.3 is 14.5 Å². The van der Waals surface area contributed by atoms with E-state index in [0.29, 0.717) is 44.7 Å². The quantitative estimate of drug-likeness (QED) is 0.808. The minimum atomic E-state index is -0.515. The molecule has 1 aromatic carbocycles. The summed E-state index contributed by atoms with van der Waals surface area (Å²) < 4.78 is 19.4. The van der Waals surface area contributed by atoms with E-state index in [1.165, 1.54) is 11.0 Å². The summed E-state index contributed by atoms with van der Waals surface area (Å²) in [6, 6.07) is 6.24. The van der Waals surface area contributed by atoms with Gasteiger partial charge in [-0.3, -0.25) is 4.90 Å². The first-order valence-corrected chi connectivity index (χ1v) is 9.07. The van der Waals surface area contributed by atoms with Gasteiger partial charge in [0.15, 0.2) is 0 Å². The van der Waals surface area contributed by atoms with E-state index >= 15 is 0 Å². The number of piperidine rings is 1. The van der Waals surface area contributed by atoms with Gasteiger partial charge >= 0.3 is 12.1 Å². The highest BCUT2D eigenvalue weighted by Crippen LogP contribution is 2.27. The molecule has 0 bridgehead atoms. The molecule has 7 heteroatoms. The summed E-state index contributed by atoms with van der Waals surface area (Å²) >= 11 is 0. The predicted octanol–water partition coefficient (Wildman–Crippen LogP) is 3.47. The van der Waals surface area contributed by atoms with Crippen molar-refractivity contribution in [2.45, 2.75) is 45.3 Å². The fourth-order valence-corrected chi connectivity index (χ4v) is 3.47. The van der Waals surface area contributed by atoms with E-state index in [1.807, 2.05) is 20.8 Å². The van der Waals surface area contributed by atoms with E-state index in [0.717, 1.165) is 0 Å². The number of urea groups is 1. The van der Waals surface area contributed by atoms with Gasteiger partial charge in [0.1, 0.15) is 11.4 Å². The van der Waals surface area contributed by atoms with Crippen LogP contribution in [0.1, 0.15) is 33.6 Å². The smallest absolute Gasteiger partial charge is 0.410 e. The number of rotatable bonds is 2. The number of likely N-dealkylation sites (tertiary alicyclic amines) is 1. The number of carbonyl (C=O) groups excluding carboxylic acids is 2. The van der Waals surface area contributed by atoms with Crippen molar-refractivity contribution in [3.05, 3.63) is 30.1 Å². The molecule has 1 aromatic rings. The van der Waals surface area contributed by atoms with E-state index in [-0.39, 0.29) is 24.0 Å². The van der Waals surface area contributed by atoms with Crippen LogP contribution in [0.15, 0.2) is 24.3 Å². The van der Waals surface area contributed by atoms with Crippen LogP contribution in [0.5, 0.6) is 0 Å². The van der Waals surface area contributed by atoms with Gasteiger partial charge in [-0.2, -0.15) is 0 Å². The first-order chi connectivity index (χ1) is 12.3. The zero-order valence-corrected chi connectivity index (χ0v) is 15.6. The summed E-state index contributed by atoms with van der Waals surface area (Å²) in [6.07, 6.45) is 1.10. The molecule has 0 aliphatic carbocycles. The number of nitrogens with zero attached hydrogens (tertiary/aromatic N) is 3. The minimum Gasteiger partial charge on any atom is -0.444 e. The van der Waals surface area contributed by atoms with Crippen LogP contribution in [-0.2, 0) is 4.74 Å². The van der Waals surface area contributed by atoms with E-state index in [9.17, 15) is 14.0 Å². The molecule has 0 N–H and O–H groups in total. The number of hydrogen-bond donors (Lipinski definition) is 0. The van der Waals surface area contributed by atoms with Crippen LogP contribution in [0.3, 0.4) is 0 Å². The molecule has 0 unspecified atom stereocenters. The van der Waals surface area contributed by atoms with Gasteiger partial charge in [-0.05, 0) is 45.7 Å². The monoisotopic (exact) mass is 363 g/mol. The molecule has 2 fully saturated rings. The number of para-hydroxylation sites is 1. The molecule has 2 aliphatic heterocycles. The van der Waals surface area contributed by atoms with E-state index in [2.05, 4.69) is 0 Å². The minimum absolute atomic E-state index is 0.0676. The van der Waals surface area contributed by atoms with E-state index < -0.39 is 5.60 Å². The van der Waals surface area contributed by atoms with Crippen molar-refractivity contribution in [2.24, 2.45) is 0 Å². The Kier molecular flexibility index (Phi) is 5.07. The average molecular weight is 363 g/mol. The van der Waals surface area contributed by atoms with Crippen molar-refractivity contribution in [2.75, 3.05) is 31.1 Å². The van der Waals surface area contributed by atoms with Gasteiger partial charge in [0.05, 0.1) is 5.69 Å². The molecule has 2 heterocycles. The first kappa shape index (κ1) is 18.5. The third-order valence-electron chi connectivity index (χ3n) is 4.74. The SMILES string of the molecule is CC(C)(C)OC(=O)N1CCC(N2CCN(c3ccccc3F)C2=O)CC1. The zero-order valence-electron chi connectivity index (χ0n) is 15.6. The Bertz CT molecular complexity index is 681. The second-order valence-corrected chi connectivity index (χ2v) is 7.78. The Morgan fingerprint density at radius 1 is 1.12 bits per heavy atom. The maximum absolute atomic E-state index is 14.0. The van der Waals surface area contributed by atoms with Crippen molar-refractivity contribution >= 4 is 17.8 Å². The maximum Gasteiger partial charge on any atom is 0.410 e. The lowest BCUT2D eigenvalue weighted by Crippen LogP contribution is -2.49. The first-order valence-electron chi connectivity index (χ1n) is 9.07. The van der Waals surface area contributed by atoms with Crippen LogP contribution in [0.25, 0.3) is 0 Å². The highest BCUT2D eigenvalue weighted by molar-refractivity contribution is 5.94. The Morgan fingerprint density at radius 3 is 2.38 bits per heavy atom. The van der Waals surface area contributed by atoms with Gasteiger partial charge in [-0.15, -0.1) is 0 Å². The molecule has 2 aliphatic rings. The molecular formula is C19H26FN3O3. The third kappa shape index (κ3) is 3.92. The molecule has 0 radical (unpaired) electrons. The van der Waals surface area contributed by atoms with Crippen LogP contribution < -0.4 is 4.90 Å². The van der Waals surface area contributed by atoms with Crippen LogP contribution in [0.4, 0.5) is 19.7 Å². The Hall–Kier alpha value is -2.31. The van der Waals surface area contributed by atoms with Crippen LogP contribution in [0.2, 0.25) is 0 Å². The number of hydrogen-bond acceptors (Lipinski definition) is 3. The maximum atomic E-state index is 14.0. The number of amides is 3. The summed E-state index contributed by atoms with van der Waals surface area (Å²) in [5, 5.41) is 0. The topological polar surface area (TPSA) is 53.1 Å². The number of anilines is 1. The number of halogens is 1. The summed E-state index contributed by atoms with van der Waals surface area (Å²) in [7, 11) is 0. The highest BCUT2D eigenvalue weighted by Gasteiger charge is 2.37. The molecule has 2 saturated heterocycles. The van der Waals surface area contributed by atoms with Gasteiger partial charge in [0.2, 0.25) is 0 Å². The number of benzene rings is 1. The summed E-state index contributed by atoms with van der Waals surface area (Å²) in [5.41, 5.74) is -0.190. The fourth-order valence-electron chi connectivity index (χ4n) is 3.47. The van der Waals surface area contributed by atoms with Crippen LogP contribution >= 0.6 is 0 Å². The molecule has 3 rings (SSSR count). The fraction of sp³-hybridized carbons (Fsp3) is 0.579. The third-order valence-corrected chi connectivity index (χ3v) is 4.74. The standard InChI is InChI=1S/C19H26FN3O3/c1-19(2,3)26-18(25)21-10-8-14(9-11-21)22-12-13-23(17(22)24)16-7-5-4-6-15(16)20/h4-7,14H,8-13H2,1-3H3. The molecule has 3 amide bonds.